The van der Waals surface area contributed by atoms with Gasteiger partial charge in [0.15, 0.2) is 5.13 Å². The van der Waals surface area contributed by atoms with Crippen molar-refractivity contribution in [3.05, 3.63) is 53.8 Å². The van der Waals surface area contributed by atoms with E-state index in [9.17, 15) is 9.18 Å². The first kappa shape index (κ1) is 17.9. The number of aromatic nitrogens is 1. The van der Waals surface area contributed by atoms with Crippen molar-refractivity contribution in [1.29, 1.82) is 0 Å². The van der Waals surface area contributed by atoms with Crippen LogP contribution in [0.15, 0.2) is 42.5 Å². The van der Waals surface area contributed by atoms with Gasteiger partial charge < -0.3 is 9.47 Å². The van der Waals surface area contributed by atoms with Crippen LogP contribution in [0, 0.1) is 5.82 Å². The number of methoxy groups -OCH3 is 1. The molecule has 1 saturated heterocycles. The molecular weight excluding hydrogens is 367 g/mol. The van der Waals surface area contributed by atoms with E-state index in [4.69, 9.17) is 9.47 Å². The largest absolute Gasteiger partial charge is 0.497 e. The number of benzene rings is 2. The van der Waals surface area contributed by atoms with E-state index in [1.807, 2.05) is 18.2 Å². The van der Waals surface area contributed by atoms with Crippen LogP contribution >= 0.6 is 11.3 Å². The molecule has 1 atom stereocenters. The van der Waals surface area contributed by atoms with Crippen molar-refractivity contribution in [2.45, 2.75) is 18.9 Å². The van der Waals surface area contributed by atoms with Crippen molar-refractivity contribution >= 4 is 32.6 Å². The van der Waals surface area contributed by atoms with Crippen molar-refractivity contribution in [3.8, 4) is 5.75 Å². The molecule has 1 aliphatic rings. The van der Waals surface area contributed by atoms with Crippen LogP contribution in [0.3, 0.4) is 0 Å². The van der Waals surface area contributed by atoms with Gasteiger partial charge in [-0.2, -0.15) is 0 Å². The van der Waals surface area contributed by atoms with Gasteiger partial charge in [-0.25, -0.2) is 9.37 Å². The third-order valence-corrected chi connectivity index (χ3v) is 5.62. The maximum atomic E-state index is 13.2. The lowest BCUT2D eigenvalue weighted by molar-refractivity contribution is 0.0917. The maximum Gasteiger partial charge on any atom is 0.260 e. The van der Waals surface area contributed by atoms with Gasteiger partial charge in [-0.1, -0.05) is 11.3 Å². The van der Waals surface area contributed by atoms with Crippen molar-refractivity contribution in [2.24, 2.45) is 0 Å². The SMILES string of the molecule is COc1ccc2sc(N(CC3CCCO3)C(=O)c3ccc(F)cc3)nc2c1. The molecule has 140 valence electrons. The van der Waals surface area contributed by atoms with Crippen LogP contribution in [0.5, 0.6) is 5.75 Å². The van der Waals surface area contributed by atoms with E-state index >= 15 is 0 Å². The Labute approximate surface area is 160 Å². The molecule has 5 nitrogen and oxygen atoms in total. The average molecular weight is 386 g/mol. The molecule has 0 aliphatic carbocycles. The third kappa shape index (κ3) is 3.79. The van der Waals surface area contributed by atoms with E-state index in [0.717, 1.165) is 28.8 Å². The number of amides is 1. The molecule has 0 bridgehead atoms. The molecule has 0 spiro atoms. The molecule has 1 amide bonds. The molecule has 4 rings (SSSR count). The number of halogens is 1. The number of rotatable bonds is 5. The molecule has 27 heavy (non-hydrogen) atoms. The van der Waals surface area contributed by atoms with Gasteiger partial charge in [0.25, 0.3) is 5.91 Å². The normalized spacial score (nSPS) is 16.6. The standard InChI is InChI=1S/C20H19FN2O3S/c1-25-15-8-9-18-17(11-15)22-20(27-18)23(12-16-3-2-10-26-16)19(24)13-4-6-14(21)7-5-13/h4-9,11,16H,2-3,10,12H2,1H3. The molecule has 1 unspecified atom stereocenters. The predicted molar refractivity (Wildman–Crippen MR) is 103 cm³/mol. The van der Waals surface area contributed by atoms with Gasteiger partial charge in [0, 0.05) is 18.2 Å². The zero-order valence-corrected chi connectivity index (χ0v) is 15.7. The van der Waals surface area contributed by atoms with Crippen LogP contribution in [0.4, 0.5) is 9.52 Å². The summed E-state index contributed by atoms with van der Waals surface area (Å²) in [5.41, 5.74) is 1.20. The molecule has 3 aromatic rings. The highest BCUT2D eigenvalue weighted by Crippen LogP contribution is 2.32. The summed E-state index contributed by atoms with van der Waals surface area (Å²) in [6.45, 7) is 1.13. The van der Waals surface area contributed by atoms with Crippen LogP contribution in [0.2, 0.25) is 0 Å². The zero-order chi connectivity index (χ0) is 18.8. The van der Waals surface area contributed by atoms with Crippen molar-refractivity contribution in [1.82, 2.24) is 4.98 Å². The highest BCUT2D eigenvalue weighted by Gasteiger charge is 2.27. The fraction of sp³-hybridized carbons (Fsp3) is 0.300. The number of hydrogen-bond acceptors (Lipinski definition) is 5. The van der Waals surface area contributed by atoms with Crippen LogP contribution < -0.4 is 9.64 Å². The Balaban J connectivity index is 1.70. The van der Waals surface area contributed by atoms with Crippen molar-refractivity contribution in [2.75, 3.05) is 25.2 Å². The summed E-state index contributed by atoms with van der Waals surface area (Å²) in [6.07, 6.45) is 1.88. The van der Waals surface area contributed by atoms with E-state index in [0.29, 0.717) is 23.8 Å². The number of thiazole rings is 1. The quantitative estimate of drug-likeness (QED) is 0.657. The smallest absolute Gasteiger partial charge is 0.260 e. The molecule has 2 heterocycles. The van der Waals surface area contributed by atoms with Gasteiger partial charge in [0.2, 0.25) is 0 Å². The van der Waals surface area contributed by atoms with Gasteiger partial charge in [-0.15, -0.1) is 0 Å². The number of fused-ring (bicyclic) bond motifs is 1. The lowest BCUT2D eigenvalue weighted by atomic mass is 10.1. The number of nitrogens with zero attached hydrogens (tertiary/aromatic N) is 2. The van der Waals surface area contributed by atoms with E-state index in [1.54, 1.807) is 12.0 Å². The van der Waals surface area contributed by atoms with Gasteiger partial charge in [-0.05, 0) is 49.2 Å². The van der Waals surface area contributed by atoms with E-state index in [1.165, 1.54) is 35.6 Å². The van der Waals surface area contributed by atoms with Crippen LogP contribution in [-0.4, -0.2) is 37.3 Å². The molecule has 1 aromatic heterocycles. The maximum absolute atomic E-state index is 13.2. The Morgan fingerprint density at radius 2 is 2.15 bits per heavy atom. The second-order valence-corrected chi connectivity index (χ2v) is 7.40. The second-order valence-electron chi connectivity index (χ2n) is 6.39. The summed E-state index contributed by atoms with van der Waals surface area (Å²) in [5.74, 6) is 0.135. The van der Waals surface area contributed by atoms with Crippen LogP contribution in [-0.2, 0) is 4.74 Å². The Bertz CT molecular complexity index is 952. The van der Waals surface area contributed by atoms with E-state index < -0.39 is 0 Å². The second kappa shape index (κ2) is 7.62. The summed E-state index contributed by atoms with van der Waals surface area (Å²) in [5, 5.41) is 0.600. The molecule has 0 N–H and O–H groups in total. The Morgan fingerprint density at radius 3 is 2.85 bits per heavy atom. The first-order valence-corrected chi connectivity index (χ1v) is 9.59. The lowest BCUT2D eigenvalue weighted by Gasteiger charge is -2.23. The van der Waals surface area contributed by atoms with E-state index in [2.05, 4.69) is 4.98 Å². The summed E-state index contributed by atoms with van der Waals surface area (Å²) in [7, 11) is 1.61. The molecule has 1 fully saturated rings. The number of carbonyl (C=O) groups excluding carboxylic acids is 1. The minimum absolute atomic E-state index is 0.0176. The van der Waals surface area contributed by atoms with Crippen LogP contribution in [0.25, 0.3) is 10.2 Å². The van der Waals surface area contributed by atoms with Gasteiger partial charge in [0.05, 0.1) is 30.0 Å². The Kier molecular flexibility index (Phi) is 5.05. The highest BCUT2D eigenvalue weighted by atomic mass is 32.1. The van der Waals surface area contributed by atoms with E-state index in [-0.39, 0.29) is 17.8 Å². The number of hydrogen-bond donors (Lipinski definition) is 0. The van der Waals surface area contributed by atoms with Crippen molar-refractivity contribution < 1.29 is 18.7 Å². The van der Waals surface area contributed by atoms with Crippen LogP contribution in [0.1, 0.15) is 23.2 Å². The predicted octanol–water partition coefficient (Wildman–Crippen LogP) is 4.27. The summed E-state index contributed by atoms with van der Waals surface area (Å²) >= 11 is 1.44. The summed E-state index contributed by atoms with van der Waals surface area (Å²) in [4.78, 5) is 19.4. The van der Waals surface area contributed by atoms with Gasteiger partial charge >= 0.3 is 0 Å². The monoisotopic (exact) mass is 386 g/mol. The molecular formula is C20H19FN2O3S. The number of carbonyl (C=O) groups is 1. The fourth-order valence-electron chi connectivity index (χ4n) is 3.13. The topological polar surface area (TPSA) is 51.7 Å². The number of ether oxygens (including phenoxy) is 2. The zero-order valence-electron chi connectivity index (χ0n) is 14.9. The highest BCUT2D eigenvalue weighted by molar-refractivity contribution is 7.22. The average Bonchev–Trinajstić information content (AvgIpc) is 3.34. The molecule has 1 aliphatic heterocycles. The molecule has 0 saturated carbocycles. The molecule has 7 heteroatoms. The fourth-order valence-corrected chi connectivity index (χ4v) is 4.08. The van der Waals surface area contributed by atoms with Gasteiger partial charge in [-0.3, -0.25) is 9.69 Å². The first-order chi connectivity index (χ1) is 13.1. The summed E-state index contributed by atoms with van der Waals surface area (Å²) in [6, 6.07) is 11.2. The van der Waals surface area contributed by atoms with Crippen molar-refractivity contribution in [3.63, 3.8) is 0 Å². The third-order valence-electron chi connectivity index (χ3n) is 4.56. The first-order valence-electron chi connectivity index (χ1n) is 8.77. The molecule has 2 aromatic carbocycles. The summed E-state index contributed by atoms with van der Waals surface area (Å²) < 4.78 is 25.2. The molecule has 0 radical (unpaired) electrons. The Hall–Kier alpha value is -2.51. The lowest BCUT2D eigenvalue weighted by Crippen LogP contribution is -2.37. The number of anilines is 1. The minimum atomic E-state index is -0.371. The van der Waals surface area contributed by atoms with Gasteiger partial charge in [0.1, 0.15) is 11.6 Å². The Morgan fingerprint density at radius 1 is 1.33 bits per heavy atom. The minimum Gasteiger partial charge on any atom is -0.497 e.